The normalized spacial score (nSPS) is 16.4. The summed E-state index contributed by atoms with van der Waals surface area (Å²) >= 11 is 1.70. The van der Waals surface area contributed by atoms with Crippen LogP contribution in [0, 0.1) is 6.92 Å². The molecule has 0 unspecified atom stereocenters. The molecule has 3 aromatic rings. The Hall–Kier alpha value is -2.25. The van der Waals surface area contributed by atoms with Crippen LogP contribution in [0.1, 0.15) is 42.1 Å². The Morgan fingerprint density at radius 3 is 2.81 bits per heavy atom. The molecule has 0 saturated carbocycles. The number of rotatable bonds is 3. The zero-order valence-electron chi connectivity index (χ0n) is 15.7. The summed E-state index contributed by atoms with van der Waals surface area (Å²) in [6.45, 7) is 8.43. The average Bonchev–Trinajstić information content (AvgIpc) is 3.13. The third kappa shape index (κ3) is 2.85. The van der Waals surface area contributed by atoms with E-state index in [2.05, 4.69) is 42.1 Å². The summed E-state index contributed by atoms with van der Waals surface area (Å²) in [4.78, 5) is 10.9. The van der Waals surface area contributed by atoms with E-state index in [1.807, 2.05) is 11.6 Å². The summed E-state index contributed by atoms with van der Waals surface area (Å²) in [7, 11) is 0. The Kier molecular flexibility index (Phi) is 4.02. The molecule has 2 aliphatic heterocycles. The van der Waals surface area contributed by atoms with Gasteiger partial charge in [0.25, 0.3) is 0 Å². The number of aryl methyl sites for hydroxylation is 1. The lowest BCUT2D eigenvalue weighted by molar-refractivity contribution is 0.00835. The maximum atomic E-state index is 6.05. The molecule has 5 rings (SSSR count). The maximum absolute atomic E-state index is 6.05. The van der Waals surface area contributed by atoms with Crippen LogP contribution in [0.3, 0.4) is 0 Å². The summed E-state index contributed by atoms with van der Waals surface area (Å²) in [5, 5.41) is 5.47. The predicted molar refractivity (Wildman–Crippen MR) is 104 cm³/mol. The molecule has 0 radical (unpaired) electrons. The van der Waals surface area contributed by atoms with Crippen molar-refractivity contribution in [2.45, 2.75) is 39.2 Å². The highest BCUT2D eigenvalue weighted by molar-refractivity contribution is 7.15. The Labute approximate surface area is 162 Å². The zero-order chi connectivity index (χ0) is 18.5. The van der Waals surface area contributed by atoms with Crippen LogP contribution in [0.25, 0.3) is 22.1 Å². The van der Waals surface area contributed by atoms with E-state index < -0.39 is 0 Å². The lowest BCUT2D eigenvalue weighted by atomic mass is 9.95. The van der Waals surface area contributed by atoms with Gasteiger partial charge in [0.05, 0.1) is 25.5 Å². The molecule has 0 spiro atoms. The monoisotopic (exact) mass is 382 g/mol. The minimum Gasteiger partial charge on any atom is -0.492 e. The molecule has 6 nitrogen and oxygen atoms in total. The van der Waals surface area contributed by atoms with Crippen molar-refractivity contribution in [1.29, 1.82) is 0 Å². The number of hydrogen-bond donors (Lipinski definition) is 0. The van der Waals surface area contributed by atoms with Crippen LogP contribution in [0.2, 0.25) is 0 Å². The highest BCUT2D eigenvalue weighted by atomic mass is 32.1. The Morgan fingerprint density at radius 1 is 1.22 bits per heavy atom. The van der Waals surface area contributed by atoms with Crippen molar-refractivity contribution in [3.8, 4) is 27.8 Å². The number of thiazole rings is 1. The Bertz CT molecular complexity index is 1000. The van der Waals surface area contributed by atoms with Crippen molar-refractivity contribution >= 4 is 11.3 Å². The highest BCUT2D eigenvalue weighted by Crippen LogP contribution is 2.41. The van der Waals surface area contributed by atoms with Crippen LogP contribution in [0.15, 0.2) is 18.2 Å². The average molecular weight is 382 g/mol. The van der Waals surface area contributed by atoms with Gasteiger partial charge in [-0.1, -0.05) is 6.07 Å². The van der Waals surface area contributed by atoms with Gasteiger partial charge < -0.3 is 9.47 Å². The van der Waals surface area contributed by atoms with Crippen LogP contribution in [-0.2, 0) is 11.2 Å². The van der Waals surface area contributed by atoms with E-state index in [-0.39, 0.29) is 6.04 Å². The number of aromatic nitrogens is 4. The van der Waals surface area contributed by atoms with Crippen molar-refractivity contribution in [3.63, 3.8) is 0 Å². The number of fused-ring (bicyclic) bond motifs is 3. The molecule has 0 atom stereocenters. The van der Waals surface area contributed by atoms with Crippen molar-refractivity contribution in [3.05, 3.63) is 34.5 Å². The standard InChI is InChI=1S/C20H22N4O2S/c1-11(2)24-19(21-12(3)23-24)20-22-18-15-5-4-13(14-9-25-10-14)8-16(15)26-7-6-17(18)27-20/h4-5,8,11,14H,6-7,9-10H2,1-3H3. The maximum Gasteiger partial charge on any atom is 0.187 e. The molecule has 27 heavy (non-hydrogen) atoms. The fourth-order valence-electron chi connectivity index (χ4n) is 3.55. The fraction of sp³-hybridized carbons (Fsp3) is 0.450. The molecule has 2 aromatic heterocycles. The van der Waals surface area contributed by atoms with E-state index in [9.17, 15) is 0 Å². The van der Waals surface area contributed by atoms with Crippen LogP contribution in [-0.4, -0.2) is 39.6 Å². The van der Waals surface area contributed by atoms with Crippen LogP contribution >= 0.6 is 11.3 Å². The van der Waals surface area contributed by atoms with E-state index >= 15 is 0 Å². The first-order chi connectivity index (χ1) is 13.1. The first-order valence-electron chi connectivity index (χ1n) is 9.38. The second-order valence-corrected chi connectivity index (χ2v) is 8.48. The van der Waals surface area contributed by atoms with Crippen molar-refractivity contribution < 1.29 is 9.47 Å². The van der Waals surface area contributed by atoms with Gasteiger partial charge in [0.15, 0.2) is 10.8 Å². The highest BCUT2D eigenvalue weighted by Gasteiger charge is 2.26. The molecule has 0 bridgehead atoms. The largest absolute Gasteiger partial charge is 0.492 e. The molecule has 0 N–H and O–H groups in total. The molecular formula is C20H22N4O2S. The second-order valence-electron chi connectivity index (χ2n) is 7.40. The van der Waals surface area contributed by atoms with Gasteiger partial charge in [-0.15, -0.1) is 11.3 Å². The van der Waals surface area contributed by atoms with Gasteiger partial charge in [0.2, 0.25) is 0 Å². The zero-order valence-corrected chi connectivity index (χ0v) is 16.5. The third-order valence-corrected chi connectivity index (χ3v) is 6.18. The van der Waals surface area contributed by atoms with Gasteiger partial charge in [-0.3, -0.25) is 0 Å². The Balaban J connectivity index is 1.59. The molecular weight excluding hydrogens is 360 g/mol. The molecule has 2 aliphatic rings. The summed E-state index contributed by atoms with van der Waals surface area (Å²) < 4.78 is 13.3. The molecule has 0 amide bonds. The fourth-order valence-corrected chi connectivity index (χ4v) is 4.59. The van der Waals surface area contributed by atoms with E-state index in [1.54, 1.807) is 11.3 Å². The summed E-state index contributed by atoms with van der Waals surface area (Å²) in [5.41, 5.74) is 3.38. The van der Waals surface area contributed by atoms with E-state index in [0.29, 0.717) is 12.5 Å². The summed E-state index contributed by atoms with van der Waals surface area (Å²) in [6.07, 6.45) is 0.859. The second kappa shape index (κ2) is 6.42. The first-order valence-corrected chi connectivity index (χ1v) is 10.2. The van der Waals surface area contributed by atoms with Gasteiger partial charge in [0.1, 0.15) is 11.6 Å². The smallest absolute Gasteiger partial charge is 0.187 e. The van der Waals surface area contributed by atoms with Gasteiger partial charge in [-0.2, -0.15) is 5.10 Å². The van der Waals surface area contributed by atoms with Gasteiger partial charge in [-0.05, 0) is 38.5 Å². The number of ether oxygens (including phenoxy) is 2. The lowest BCUT2D eigenvalue weighted by Crippen LogP contribution is -2.25. The van der Waals surface area contributed by atoms with Crippen LogP contribution in [0.4, 0.5) is 0 Å². The van der Waals surface area contributed by atoms with E-state index in [1.165, 1.54) is 10.4 Å². The number of benzene rings is 1. The van der Waals surface area contributed by atoms with Gasteiger partial charge >= 0.3 is 0 Å². The quantitative estimate of drug-likeness (QED) is 0.685. The molecule has 140 valence electrons. The van der Waals surface area contributed by atoms with E-state index in [4.69, 9.17) is 14.5 Å². The first kappa shape index (κ1) is 16.9. The van der Waals surface area contributed by atoms with Crippen molar-refractivity contribution in [1.82, 2.24) is 19.7 Å². The molecule has 7 heteroatoms. The number of hydrogen-bond acceptors (Lipinski definition) is 6. The predicted octanol–water partition coefficient (Wildman–Crippen LogP) is 4.01. The molecule has 1 aromatic carbocycles. The van der Waals surface area contributed by atoms with Gasteiger partial charge in [0, 0.05) is 28.8 Å². The topological polar surface area (TPSA) is 62.1 Å². The summed E-state index contributed by atoms with van der Waals surface area (Å²) in [5.74, 6) is 3.04. The molecule has 4 heterocycles. The van der Waals surface area contributed by atoms with Crippen LogP contribution < -0.4 is 4.74 Å². The van der Waals surface area contributed by atoms with Crippen molar-refractivity contribution in [2.75, 3.05) is 19.8 Å². The third-order valence-electron chi connectivity index (χ3n) is 5.07. The van der Waals surface area contributed by atoms with E-state index in [0.717, 1.165) is 53.3 Å². The Morgan fingerprint density at radius 2 is 2.07 bits per heavy atom. The number of nitrogens with zero attached hydrogens (tertiary/aromatic N) is 4. The molecule has 1 saturated heterocycles. The SMILES string of the molecule is Cc1nc(-c2nc3c(s2)CCOc2cc(C4COC4)ccc2-3)n(C(C)C)n1. The molecule has 0 aliphatic carbocycles. The van der Waals surface area contributed by atoms with Crippen LogP contribution in [0.5, 0.6) is 5.75 Å². The lowest BCUT2D eigenvalue weighted by Gasteiger charge is -2.26. The van der Waals surface area contributed by atoms with Crippen molar-refractivity contribution in [2.24, 2.45) is 0 Å². The van der Waals surface area contributed by atoms with Gasteiger partial charge in [-0.25, -0.2) is 14.6 Å². The minimum absolute atomic E-state index is 0.243. The summed E-state index contributed by atoms with van der Waals surface area (Å²) in [6, 6.07) is 6.74. The molecule has 1 fully saturated rings. The minimum atomic E-state index is 0.243.